The van der Waals surface area contributed by atoms with Crippen LogP contribution in [0.2, 0.25) is 0 Å². The van der Waals surface area contributed by atoms with Gasteiger partial charge < -0.3 is 19.8 Å². The summed E-state index contributed by atoms with van der Waals surface area (Å²) >= 11 is 0. The minimum atomic E-state index is -4.35. The van der Waals surface area contributed by atoms with Gasteiger partial charge in [-0.05, 0) is 44.9 Å². The number of likely N-dealkylation sites (N-methyl/N-ethyl adjacent to an activating group) is 1. The number of nitrogens with one attached hydrogen (secondary N) is 1. The zero-order chi connectivity index (χ0) is 42.8. The summed E-state index contributed by atoms with van der Waals surface area (Å²) in [6.07, 6.45) is 50.8. The van der Waals surface area contributed by atoms with Crippen LogP contribution in [0.15, 0.2) is 36.5 Å². The topological polar surface area (TPSA) is 105 Å². The molecular weight excluding hydrogens is 744 g/mol. The van der Waals surface area contributed by atoms with Crippen molar-refractivity contribution in [1.82, 2.24) is 5.32 Å². The van der Waals surface area contributed by atoms with Crippen molar-refractivity contribution in [3.63, 3.8) is 0 Å². The minimum absolute atomic E-state index is 0.0547. The maximum Gasteiger partial charge on any atom is 0.472 e. The normalized spacial score (nSPS) is 14.5. The number of aliphatic hydroxyl groups is 1. The van der Waals surface area contributed by atoms with Crippen LogP contribution in [0, 0.1) is 0 Å². The zero-order valence-electron chi connectivity index (χ0n) is 38.8. The molecule has 0 radical (unpaired) electrons. The molecule has 342 valence electrons. The number of phosphoric acid groups is 1. The van der Waals surface area contributed by atoms with Gasteiger partial charge in [0.2, 0.25) is 5.91 Å². The second kappa shape index (κ2) is 41.1. The lowest BCUT2D eigenvalue weighted by Crippen LogP contribution is -2.45. The molecule has 3 N–H and O–H groups in total. The van der Waals surface area contributed by atoms with Gasteiger partial charge in [0.05, 0.1) is 39.9 Å². The summed E-state index contributed by atoms with van der Waals surface area (Å²) < 4.78 is 23.6. The fourth-order valence-corrected chi connectivity index (χ4v) is 7.69. The Morgan fingerprint density at radius 3 is 1.38 bits per heavy atom. The van der Waals surface area contributed by atoms with Crippen LogP contribution >= 0.6 is 7.82 Å². The van der Waals surface area contributed by atoms with Gasteiger partial charge in [-0.1, -0.05) is 204 Å². The number of unbranched alkanes of at least 4 members (excludes halogenated alkanes) is 27. The number of rotatable bonds is 44. The van der Waals surface area contributed by atoms with Gasteiger partial charge in [0.25, 0.3) is 0 Å². The third-order valence-corrected chi connectivity index (χ3v) is 11.8. The van der Waals surface area contributed by atoms with Crippen molar-refractivity contribution < 1.29 is 32.9 Å². The average molecular weight is 840 g/mol. The molecule has 0 aliphatic heterocycles. The molecule has 1 amide bonds. The number of amides is 1. The molecule has 0 rings (SSSR count). The lowest BCUT2D eigenvalue weighted by Gasteiger charge is -2.25. The van der Waals surface area contributed by atoms with E-state index in [4.69, 9.17) is 9.05 Å². The Bertz CT molecular complexity index is 1040. The van der Waals surface area contributed by atoms with Crippen molar-refractivity contribution >= 4 is 13.7 Å². The van der Waals surface area contributed by atoms with E-state index in [0.29, 0.717) is 17.4 Å². The summed E-state index contributed by atoms with van der Waals surface area (Å²) in [5.41, 5.74) is 0. The molecule has 0 aliphatic rings. The first-order valence-electron chi connectivity index (χ1n) is 24.4. The molecule has 0 bridgehead atoms. The Labute approximate surface area is 359 Å². The van der Waals surface area contributed by atoms with Crippen molar-refractivity contribution in [2.45, 2.75) is 231 Å². The molecule has 3 atom stereocenters. The standard InChI is InChI=1S/C49H95N2O6P/c1-6-8-10-12-14-16-18-20-22-23-24-25-26-27-28-29-30-32-34-36-38-40-42-48(52)47(46-57-58(54,55)56-45-44-51(3,4)5)50-49(53)43-41-39-37-35-33-31-21-19-17-15-13-11-9-7-2/h27-28,32,34,40,42,47-48,52H,6-26,29-31,33,35-39,41,43-46H2,1-5H3,(H-,50,53,54,55)/p+1/b28-27+,34-32+,42-40+. The SMILES string of the molecule is CCCCCCCCCCCCCC/C=C/CC/C=C/CC/C=C/C(O)C(COP(=O)(O)OCC[N+](C)(C)C)NC(=O)CCCCCCCCCCCCCCCC. The highest BCUT2D eigenvalue weighted by molar-refractivity contribution is 7.47. The quantitative estimate of drug-likeness (QED) is 0.0244. The molecule has 9 heteroatoms. The predicted octanol–water partition coefficient (Wildman–Crippen LogP) is 13.9. The fraction of sp³-hybridized carbons (Fsp3) is 0.857. The van der Waals surface area contributed by atoms with Crippen LogP contribution in [0.25, 0.3) is 0 Å². The minimum Gasteiger partial charge on any atom is -0.387 e. The Kier molecular flexibility index (Phi) is 40.2. The monoisotopic (exact) mass is 840 g/mol. The molecule has 0 heterocycles. The van der Waals surface area contributed by atoms with Gasteiger partial charge in [0, 0.05) is 6.42 Å². The van der Waals surface area contributed by atoms with Gasteiger partial charge in [0.1, 0.15) is 13.2 Å². The number of carbonyl (C=O) groups is 1. The first-order valence-corrected chi connectivity index (χ1v) is 25.9. The van der Waals surface area contributed by atoms with Gasteiger partial charge >= 0.3 is 7.82 Å². The van der Waals surface area contributed by atoms with E-state index in [1.165, 1.54) is 154 Å². The van der Waals surface area contributed by atoms with Crippen LogP contribution in [-0.2, 0) is 18.4 Å². The summed E-state index contributed by atoms with van der Waals surface area (Å²) in [5, 5.41) is 13.8. The highest BCUT2D eigenvalue weighted by Crippen LogP contribution is 2.43. The third kappa shape index (κ3) is 42.8. The first kappa shape index (κ1) is 56.7. The zero-order valence-corrected chi connectivity index (χ0v) is 39.7. The van der Waals surface area contributed by atoms with E-state index in [1.54, 1.807) is 6.08 Å². The molecule has 0 aromatic carbocycles. The average Bonchev–Trinajstić information content (AvgIpc) is 3.17. The van der Waals surface area contributed by atoms with Crippen molar-refractivity contribution in [2.24, 2.45) is 0 Å². The molecular formula is C49H96N2O6P+. The van der Waals surface area contributed by atoms with E-state index in [1.807, 2.05) is 27.2 Å². The number of nitrogens with zero attached hydrogens (tertiary/aromatic N) is 1. The van der Waals surface area contributed by atoms with E-state index < -0.39 is 20.0 Å². The summed E-state index contributed by atoms with van der Waals surface area (Å²) in [6, 6.07) is -0.866. The number of phosphoric ester groups is 1. The molecule has 0 spiro atoms. The molecule has 0 saturated heterocycles. The highest BCUT2D eigenvalue weighted by atomic mass is 31.2. The molecule has 0 saturated carbocycles. The summed E-state index contributed by atoms with van der Waals surface area (Å²) in [4.78, 5) is 23.1. The van der Waals surface area contributed by atoms with Crippen LogP contribution in [0.5, 0.6) is 0 Å². The van der Waals surface area contributed by atoms with Crippen molar-refractivity contribution in [1.29, 1.82) is 0 Å². The maximum absolute atomic E-state index is 12.9. The smallest absolute Gasteiger partial charge is 0.387 e. The second-order valence-electron chi connectivity index (χ2n) is 17.8. The van der Waals surface area contributed by atoms with Crippen molar-refractivity contribution in [2.75, 3.05) is 40.9 Å². The van der Waals surface area contributed by atoms with E-state index in [-0.39, 0.29) is 19.1 Å². The van der Waals surface area contributed by atoms with Gasteiger partial charge in [-0.15, -0.1) is 0 Å². The predicted molar refractivity (Wildman–Crippen MR) is 249 cm³/mol. The molecule has 0 fully saturated rings. The van der Waals surface area contributed by atoms with Crippen LogP contribution in [-0.4, -0.2) is 73.4 Å². The van der Waals surface area contributed by atoms with Crippen molar-refractivity contribution in [3.8, 4) is 0 Å². The molecule has 8 nitrogen and oxygen atoms in total. The van der Waals surface area contributed by atoms with E-state index >= 15 is 0 Å². The van der Waals surface area contributed by atoms with E-state index in [2.05, 4.69) is 43.5 Å². The third-order valence-electron chi connectivity index (χ3n) is 10.8. The van der Waals surface area contributed by atoms with E-state index in [0.717, 1.165) is 44.9 Å². The fourth-order valence-electron chi connectivity index (χ4n) is 6.96. The lowest BCUT2D eigenvalue weighted by atomic mass is 10.0. The lowest BCUT2D eigenvalue weighted by molar-refractivity contribution is -0.870. The van der Waals surface area contributed by atoms with Crippen LogP contribution in [0.3, 0.4) is 0 Å². The van der Waals surface area contributed by atoms with Crippen LogP contribution < -0.4 is 5.32 Å². The molecule has 0 aromatic rings. The Hall–Kier alpha value is -1.28. The molecule has 58 heavy (non-hydrogen) atoms. The largest absolute Gasteiger partial charge is 0.472 e. The second-order valence-corrected chi connectivity index (χ2v) is 19.3. The number of quaternary nitrogens is 1. The van der Waals surface area contributed by atoms with Crippen LogP contribution in [0.4, 0.5) is 0 Å². The summed E-state index contributed by atoms with van der Waals surface area (Å²) in [6.45, 7) is 4.79. The number of hydrogen-bond acceptors (Lipinski definition) is 5. The van der Waals surface area contributed by atoms with Gasteiger partial charge in [-0.25, -0.2) is 4.57 Å². The van der Waals surface area contributed by atoms with Gasteiger partial charge in [-0.2, -0.15) is 0 Å². The summed E-state index contributed by atoms with van der Waals surface area (Å²) in [5.74, 6) is -0.190. The van der Waals surface area contributed by atoms with Gasteiger partial charge in [-0.3, -0.25) is 13.8 Å². The summed E-state index contributed by atoms with van der Waals surface area (Å²) in [7, 11) is 1.55. The number of aliphatic hydroxyl groups excluding tert-OH is 1. The Morgan fingerprint density at radius 1 is 0.569 bits per heavy atom. The molecule has 3 unspecified atom stereocenters. The van der Waals surface area contributed by atoms with Crippen molar-refractivity contribution in [3.05, 3.63) is 36.5 Å². The Balaban J connectivity index is 4.41. The number of hydrogen-bond donors (Lipinski definition) is 3. The Morgan fingerprint density at radius 2 is 0.948 bits per heavy atom. The van der Waals surface area contributed by atoms with Gasteiger partial charge in [0.15, 0.2) is 0 Å². The number of carbonyl (C=O) groups excluding carboxylic acids is 1. The molecule has 0 aliphatic carbocycles. The first-order chi connectivity index (χ1) is 28.0. The maximum atomic E-state index is 12.9. The number of allylic oxidation sites excluding steroid dienone is 5. The van der Waals surface area contributed by atoms with E-state index in [9.17, 15) is 19.4 Å². The molecule has 0 aromatic heterocycles. The van der Waals surface area contributed by atoms with Crippen LogP contribution in [0.1, 0.15) is 219 Å². The highest BCUT2D eigenvalue weighted by Gasteiger charge is 2.27.